The average molecular weight is 324 g/mol. The number of nitrogens with zero attached hydrogens (tertiary/aromatic N) is 1. The van der Waals surface area contributed by atoms with E-state index in [1.54, 1.807) is 17.4 Å². The first kappa shape index (κ1) is 15.6. The fraction of sp³-hybridized carbons (Fsp3) is 0.211. The van der Waals surface area contributed by atoms with Gasteiger partial charge in [0.15, 0.2) is 0 Å². The molecule has 3 nitrogen and oxygen atoms in total. The van der Waals surface area contributed by atoms with Crippen molar-refractivity contribution in [3.8, 4) is 0 Å². The zero-order valence-electron chi connectivity index (χ0n) is 13.2. The Kier molecular flexibility index (Phi) is 4.63. The molecule has 0 saturated heterocycles. The standard InChI is InChI=1S/C19H20N2OS/c1-3-10-21(13-15-7-6-11-23-15)19(22)12-17-14(2)20-18-9-5-4-8-16(17)18/h3-9,11,20H,1,10,12-13H2,2H3. The number of H-pyrrole nitrogens is 1. The third kappa shape index (κ3) is 3.37. The first-order valence-corrected chi connectivity index (χ1v) is 8.54. The summed E-state index contributed by atoms with van der Waals surface area (Å²) in [4.78, 5) is 19.2. The van der Waals surface area contributed by atoms with Crippen molar-refractivity contribution in [3.05, 3.63) is 70.6 Å². The minimum Gasteiger partial charge on any atom is -0.358 e. The highest BCUT2D eigenvalue weighted by Gasteiger charge is 2.17. The van der Waals surface area contributed by atoms with Gasteiger partial charge in [-0.2, -0.15) is 0 Å². The molecule has 1 N–H and O–H groups in total. The quantitative estimate of drug-likeness (QED) is 0.674. The largest absolute Gasteiger partial charge is 0.358 e. The molecular formula is C19H20N2OS. The minimum atomic E-state index is 0.131. The van der Waals surface area contributed by atoms with Gasteiger partial charge < -0.3 is 9.88 Å². The summed E-state index contributed by atoms with van der Waals surface area (Å²) >= 11 is 1.67. The zero-order valence-corrected chi connectivity index (χ0v) is 14.0. The fourth-order valence-electron chi connectivity index (χ4n) is 2.83. The number of carbonyl (C=O) groups is 1. The van der Waals surface area contributed by atoms with Crippen LogP contribution in [-0.4, -0.2) is 22.3 Å². The number of hydrogen-bond acceptors (Lipinski definition) is 2. The molecule has 0 aliphatic carbocycles. The first-order valence-electron chi connectivity index (χ1n) is 7.66. The van der Waals surface area contributed by atoms with Crippen LogP contribution in [0.5, 0.6) is 0 Å². The second kappa shape index (κ2) is 6.84. The van der Waals surface area contributed by atoms with Gasteiger partial charge >= 0.3 is 0 Å². The monoisotopic (exact) mass is 324 g/mol. The lowest BCUT2D eigenvalue weighted by molar-refractivity contribution is -0.130. The van der Waals surface area contributed by atoms with Gasteiger partial charge in [0.2, 0.25) is 5.91 Å². The van der Waals surface area contributed by atoms with E-state index in [4.69, 9.17) is 0 Å². The van der Waals surface area contributed by atoms with Gasteiger partial charge in [0.25, 0.3) is 0 Å². The SMILES string of the molecule is C=CCN(Cc1cccs1)C(=O)Cc1c(C)[nH]c2ccccc12. The number of hydrogen-bond donors (Lipinski definition) is 1. The molecule has 1 amide bonds. The highest BCUT2D eigenvalue weighted by atomic mass is 32.1. The molecule has 0 spiro atoms. The third-order valence-electron chi connectivity index (χ3n) is 3.98. The second-order valence-electron chi connectivity index (χ2n) is 5.59. The molecule has 3 rings (SSSR count). The summed E-state index contributed by atoms with van der Waals surface area (Å²) in [5.41, 5.74) is 3.24. The Labute approximate surface area is 140 Å². The van der Waals surface area contributed by atoms with Crippen LogP contribution in [0.25, 0.3) is 10.9 Å². The lowest BCUT2D eigenvalue weighted by Gasteiger charge is -2.20. The number of fused-ring (bicyclic) bond motifs is 1. The van der Waals surface area contributed by atoms with E-state index >= 15 is 0 Å². The predicted molar refractivity (Wildman–Crippen MR) is 96.7 cm³/mol. The molecule has 23 heavy (non-hydrogen) atoms. The normalized spacial score (nSPS) is 10.8. The summed E-state index contributed by atoms with van der Waals surface area (Å²) < 4.78 is 0. The van der Waals surface area contributed by atoms with Crippen molar-refractivity contribution < 1.29 is 4.79 Å². The Morgan fingerprint density at radius 2 is 2.13 bits per heavy atom. The van der Waals surface area contributed by atoms with E-state index in [-0.39, 0.29) is 5.91 Å². The Balaban J connectivity index is 1.82. The van der Waals surface area contributed by atoms with Crippen LogP contribution in [0.3, 0.4) is 0 Å². The predicted octanol–water partition coefficient (Wildman–Crippen LogP) is 4.30. The van der Waals surface area contributed by atoms with Gasteiger partial charge in [-0.3, -0.25) is 4.79 Å². The van der Waals surface area contributed by atoms with Crippen molar-refractivity contribution >= 4 is 28.1 Å². The molecule has 2 aromatic heterocycles. The van der Waals surface area contributed by atoms with E-state index in [0.717, 1.165) is 22.2 Å². The van der Waals surface area contributed by atoms with Crippen LogP contribution >= 0.6 is 11.3 Å². The topological polar surface area (TPSA) is 36.1 Å². The van der Waals surface area contributed by atoms with E-state index in [9.17, 15) is 4.79 Å². The molecule has 4 heteroatoms. The molecule has 0 saturated carbocycles. The van der Waals surface area contributed by atoms with Gasteiger partial charge in [-0.1, -0.05) is 30.3 Å². The minimum absolute atomic E-state index is 0.131. The van der Waals surface area contributed by atoms with Crippen LogP contribution in [0, 0.1) is 6.92 Å². The smallest absolute Gasteiger partial charge is 0.227 e. The van der Waals surface area contributed by atoms with E-state index in [1.165, 1.54) is 4.88 Å². The van der Waals surface area contributed by atoms with Gasteiger partial charge in [-0.25, -0.2) is 0 Å². The molecule has 0 unspecified atom stereocenters. The van der Waals surface area contributed by atoms with E-state index in [0.29, 0.717) is 19.5 Å². The maximum Gasteiger partial charge on any atom is 0.227 e. The van der Waals surface area contributed by atoms with Gasteiger partial charge in [0.1, 0.15) is 0 Å². The van der Waals surface area contributed by atoms with Crippen molar-refractivity contribution in [1.29, 1.82) is 0 Å². The van der Waals surface area contributed by atoms with Crippen molar-refractivity contribution in [2.24, 2.45) is 0 Å². The number of para-hydroxylation sites is 1. The highest BCUT2D eigenvalue weighted by molar-refractivity contribution is 7.09. The molecule has 3 aromatic rings. The number of carbonyl (C=O) groups excluding carboxylic acids is 1. The van der Waals surface area contributed by atoms with Gasteiger partial charge in [0, 0.05) is 28.0 Å². The Hall–Kier alpha value is -2.33. The summed E-state index contributed by atoms with van der Waals surface area (Å²) in [6, 6.07) is 12.2. The number of rotatable bonds is 6. The van der Waals surface area contributed by atoms with Gasteiger partial charge in [-0.05, 0) is 30.0 Å². The zero-order chi connectivity index (χ0) is 16.2. The Morgan fingerprint density at radius 3 is 2.87 bits per heavy atom. The summed E-state index contributed by atoms with van der Waals surface area (Å²) in [5.74, 6) is 0.131. The lowest BCUT2D eigenvalue weighted by atomic mass is 10.1. The van der Waals surface area contributed by atoms with Crippen molar-refractivity contribution in [2.75, 3.05) is 6.54 Å². The van der Waals surface area contributed by atoms with Crippen LogP contribution < -0.4 is 0 Å². The average Bonchev–Trinajstić information content (AvgIpc) is 3.15. The summed E-state index contributed by atoms with van der Waals surface area (Å²) in [5, 5.41) is 3.17. The number of thiophene rings is 1. The number of aromatic amines is 1. The van der Waals surface area contributed by atoms with Crippen LogP contribution in [-0.2, 0) is 17.8 Å². The van der Waals surface area contributed by atoms with Crippen molar-refractivity contribution in [3.63, 3.8) is 0 Å². The van der Waals surface area contributed by atoms with Gasteiger partial charge in [0.05, 0.1) is 13.0 Å². The molecule has 118 valence electrons. The molecule has 0 radical (unpaired) electrons. The van der Waals surface area contributed by atoms with Crippen molar-refractivity contribution in [1.82, 2.24) is 9.88 Å². The Bertz CT molecular complexity index is 817. The number of nitrogens with one attached hydrogen (secondary N) is 1. The molecule has 0 atom stereocenters. The highest BCUT2D eigenvalue weighted by Crippen LogP contribution is 2.23. The van der Waals surface area contributed by atoms with Crippen LogP contribution in [0.4, 0.5) is 0 Å². The van der Waals surface area contributed by atoms with E-state index < -0.39 is 0 Å². The maximum absolute atomic E-state index is 12.8. The first-order chi connectivity index (χ1) is 11.2. The summed E-state index contributed by atoms with van der Waals surface area (Å²) in [7, 11) is 0. The fourth-order valence-corrected chi connectivity index (χ4v) is 3.55. The number of benzene rings is 1. The molecule has 0 fully saturated rings. The van der Waals surface area contributed by atoms with Crippen molar-refractivity contribution in [2.45, 2.75) is 19.9 Å². The Morgan fingerprint density at radius 1 is 1.30 bits per heavy atom. The number of aromatic nitrogens is 1. The second-order valence-corrected chi connectivity index (χ2v) is 6.63. The van der Waals surface area contributed by atoms with Gasteiger partial charge in [-0.15, -0.1) is 17.9 Å². The summed E-state index contributed by atoms with van der Waals surface area (Å²) in [6.45, 7) is 7.02. The molecule has 2 heterocycles. The molecule has 0 aliphatic rings. The molecule has 1 aromatic carbocycles. The van der Waals surface area contributed by atoms with Crippen LogP contribution in [0.15, 0.2) is 54.4 Å². The maximum atomic E-state index is 12.8. The van der Waals surface area contributed by atoms with E-state index in [2.05, 4.69) is 23.7 Å². The molecule has 0 bridgehead atoms. The third-order valence-corrected chi connectivity index (χ3v) is 4.85. The van der Waals surface area contributed by atoms with Crippen LogP contribution in [0.2, 0.25) is 0 Å². The van der Waals surface area contributed by atoms with Crippen LogP contribution in [0.1, 0.15) is 16.1 Å². The number of aryl methyl sites for hydroxylation is 1. The number of amides is 1. The molecular weight excluding hydrogens is 304 g/mol. The lowest BCUT2D eigenvalue weighted by Crippen LogP contribution is -2.31. The van der Waals surface area contributed by atoms with E-state index in [1.807, 2.05) is 41.5 Å². The summed E-state index contributed by atoms with van der Waals surface area (Å²) in [6.07, 6.45) is 2.20. The molecule has 0 aliphatic heterocycles.